The fraction of sp³-hybridized carbons (Fsp3) is 0.379. The molecule has 5 rings (SSSR count). The fourth-order valence-electron chi connectivity index (χ4n) is 4.77. The van der Waals surface area contributed by atoms with E-state index in [9.17, 15) is 18.0 Å². The SMILES string of the molecule is CC1CC(COP(NC(C)(C)C(=O)OCc2ccccc2C(F)(F)F)Oc2ccc(Cl)cc2)OC1n1cnc2c(N)ncnc21. The Morgan fingerprint density at radius 2 is 1.89 bits per heavy atom. The summed E-state index contributed by atoms with van der Waals surface area (Å²) in [7, 11) is -1.99. The maximum Gasteiger partial charge on any atom is 0.416 e. The van der Waals surface area contributed by atoms with E-state index < -0.39 is 38.4 Å². The molecule has 0 aliphatic carbocycles. The van der Waals surface area contributed by atoms with Crippen LogP contribution in [0.2, 0.25) is 5.02 Å². The lowest BCUT2D eigenvalue weighted by Crippen LogP contribution is -2.46. The Morgan fingerprint density at radius 1 is 1.16 bits per heavy atom. The van der Waals surface area contributed by atoms with Gasteiger partial charge in [0.05, 0.1) is 24.6 Å². The Balaban J connectivity index is 1.26. The van der Waals surface area contributed by atoms with Crippen molar-refractivity contribution >= 4 is 43.1 Å². The zero-order valence-electron chi connectivity index (χ0n) is 24.5. The number of nitrogen functional groups attached to an aromatic ring is 1. The summed E-state index contributed by atoms with van der Waals surface area (Å²) in [6.45, 7) is 4.61. The molecule has 4 atom stereocenters. The van der Waals surface area contributed by atoms with E-state index in [0.717, 1.165) is 6.07 Å². The zero-order chi connectivity index (χ0) is 32.4. The normalized spacial score (nSPS) is 19.5. The van der Waals surface area contributed by atoms with E-state index in [4.69, 9.17) is 35.9 Å². The maximum absolute atomic E-state index is 13.4. The van der Waals surface area contributed by atoms with Crippen LogP contribution in [0.4, 0.5) is 19.0 Å². The predicted octanol–water partition coefficient (Wildman–Crippen LogP) is 6.44. The number of carbonyl (C=O) groups is 1. The van der Waals surface area contributed by atoms with Gasteiger partial charge >= 0.3 is 20.7 Å². The van der Waals surface area contributed by atoms with Crippen LogP contribution < -0.4 is 15.3 Å². The molecule has 0 saturated carbocycles. The van der Waals surface area contributed by atoms with Gasteiger partial charge in [0.1, 0.15) is 36.0 Å². The lowest BCUT2D eigenvalue weighted by Gasteiger charge is -2.29. The van der Waals surface area contributed by atoms with E-state index in [1.54, 1.807) is 35.2 Å². The number of hydrogen-bond donors (Lipinski definition) is 2. The average Bonchev–Trinajstić information content (AvgIpc) is 3.59. The first-order valence-corrected chi connectivity index (χ1v) is 15.4. The van der Waals surface area contributed by atoms with E-state index in [-0.39, 0.29) is 36.2 Å². The van der Waals surface area contributed by atoms with Crippen molar-refractivity contribution in [2.75, 3.05) is 12.3 Å². The number of nitrogens with two attached hydrogens (primary N) is 1. The number of nitrogens with zero attached hydrogens (tertiary/aromatic N) is 4. The van der Waals surface area contributed by atoms with Crippen LogP contribution in [0, 0.1) is 5.92 Å². The molecule has 11 nitrogen and oxygen atoms in total. The summed E-state index contributed by atoms with van der Waals surface area (Å²) in [5.74, 6) is -0.0445. The van der Waals surface area contributed by atoms with Gasteiger partial charge in [0, 0.05) is 16.5 Å². The Hall–Kier alpha value is -3.55. The summed E-state index contributed by atoms with van der Waals surface area (Å²) in [6.07, 6.45) is -1.71. The number of benzene rings is 2. The van der Waals surface area contributed by atoms with Crippen molar-refractivity contribution in [3.05, 3.63) is 77.3 Å². The van der Waals surface area contributed by atoms with Crippen molar-refractivity contribution in [2.45, 2.75) is 57.8 Å². The molecule has 1 fully saturated rings. The van der Waals surface area contributed by atoms with Crippen LogP contribution in [0.1, 0.15) is 44.5 Å². The number of halogens is 4. The molecule has 16 heteroatoms. The van der Waals surface area contributed by atoms with Crippen LogP contribution in [0.25, 0.3) is 11.2 Å². The van der Waals surface area contributed by atoms with Gasteiger partial charge in [0.2, 0.25) is 0 Å². The molecular weight excluding hydrogens is 636 g/mol. The molecular formula is C29H31ClF3N6O5P. The summed E-state index contributed by atoms with van der Waals surface area (Å²) in [5.41, 5.74) is 4.52. The van der Waals surface area contributed by atoms with Gasteiger partial charge < -0.3 is 24.3 Å². The van der Waals surface area contributed by atoms with Crippen molar-refractivity contribution in [1.29, 1.82) is 0 Å². The standard InChI is InChI=1S/C29H31ClF3N6O5P/c1-17-12-21(43-26(17)39-16-37-23-24(34)35-15-36-25(23)39)14-42-45(44-20-10-8-19(30)9-11-20)38-28(2,3)27(40)41-13-18-6-4-5-7-22(18)29(31,32)33/h4-11,15-17,21,26,38H,12-14H2,1-3H3,(H2,34,35,36). The molecule has 1 aliphatic heterocycles. The van der Waals surface area contributed by atoms with E-state index >= 15 is 0 Å². The molecule has 4 aromatic rings. The molecule has 0 spiro atoms. The minimum atomic E-state index is -4.59. The van der Waals surface area contributed by atoms with Gasteiger partial charge in [-0.25, -0.2) is 20.0 Å². The van der Waals surface area contributed by atoms with Crippen LogP contribution in [-0.2, 0) is 31.6 Å². The number of esters is 1. The highest BCUT2D eigenvalue weighted by atomic mass is 35.5. The quantitative estimate of drug-likeness (QED) is 0.136. The molecule has 2 aromatic carbocycles. The number of hydrogen-bond acceptors (Lipinski definition) is 10. The van der Waals surface area contributed by atoms with Gasteiger partial charge in [-0.3, -0.25) is 9.36 Å². The van der Waals surface area contributed by atoms with Gasteiger partial charge in [-0.15, -0.1) is 0 Å². The molecule has 2 aromatic heterocycles. The molecule has 0 bridgehead atoms. The number of nitrogens with one attached hydrogen (secondary N) is 1. The van der Waals surface area contributed by atoms with Crippen LogP contribution in [-0.4, -0.2) is 43.7 Å². The lowest BCUT2D eigenvalue weighted by atomic mass is 10.1. The summed E-state index contributed by atoms with van der Waals surface area (Å²) in [4.78, 5) is 25.7. The van der Waals surface area contributed by atoms with Gasteiger partial charge in [-0.05, 0) is 50.6 Å². The Bertz CT molecular complexity index is 1640. The highest BCUT2D eigenvalue weighted by Crippen LogP contribution is 2.42. The zero-order valence-corrected chi connectivity index (χ0v) is 26.1. The third-order valence-electron chi connectivity index (χ3n) is 7.06. The van der Waals surface area contributed by atoms with Crippen LogP contribution in [0.15, 0.2) is 61.2 Å². The van der Waals surface area contributed by atoms with Gasteiger partial charge in [-0.1, -0.05) is 36.7 Å². The first-order chi connectivity index (χ1) is 21.3. The number of fused-ring (bicyclic) bond motifs is 1. The van der Waals surface area contributed by atoms with Crippen molar-refractivity contribution in [3.8, 4) is 5.75 Å². The largest absolute Gasteiger partial charge is 0.459 e. The monoisotopic (exact) mass is 666 g/mol. The first-order valence-electron chi connectivity index (χ1n) is 13.9. The van der Waals surface area contributed by atoms with Crippen LogP contribution in [0.5, 0.6) is 5.75 Å². The van der Waals surface area contributed by atoms with Crippen molar-refractivity contribution in [2.24, 2.45) is 5.92 Å². The van der Waals surface area contributed by atoms with Gasteiger partial charge in [0.25, 0.3) is 0 Å². The number of imidazole rings is 1. The first kappa shape index (κ1) is 32.8. The predicted molar refractivity (Wildman–Crippen MR) is 161 cm³/mol. The van der Waals surface area contributed by atoms with E-state index in [0.29, 0.717) is 28.4 Å². The van der Waals surface area contributed by atoms with Crippen LogP contribution in [0.3, 0.4) is 0 Å². The summed E-state index contributed by atoms with van der Waals surface area (Å²) >= 11 is 6.02. The number of ether oxygens (including phenoxy) is 2. The second kappa shape index (κ2) is 13.4. The summed E-state index contributed by atoms with van der Waals surface area (Å²) in [5, 5.41) is 3.53. The molecule has 4 unspecified atom stereocenters. The fourth-order valence-corrected chi connectivity index (χ4v) is 6.22. The third kappa shape index (κ3) is 7.82. The second-order valence-corrected chi connectivity index (χ2v) is 12.6. The molecule has 1 saturated heterocycles. The molecule has 240 valence electrons. The maximum atomic E-state index is 13.4. The Kier molecular flexibility index (Phi) is 9.80. The average molecular weight is 667 g/mol. The number of alkyl halides is 3. The number of anilines is 1. The molecule has 1 aliphatic rings. The van der Waals surface area contributed by atoms with E-state index in [2.05, 4.69) is 20.0 Å². The highest BCUT2D eigenvalue weighted by Gasteiger charge is 2.39. The third-order valence-corrected chi connectivity index (χ3v) is 8.81. The van der Waals surface area contributed by atoms with Crippen molar-refractivity contribution in [3.63, 3.8) is 0 Å². The molecule has 3 N–H and O–H groups in total. The minimum Gasteiger partial charge on any atom is -0.459 e. The number of carbonyl (C=O) groups excluding carboxylic acids is 1. The van der Waals surface area contributed by atoms with Crippen molar-refractivity contribution in [1.82, 2.24) is 24.6 Å². The summed E-state index contributed by atoms with van der Waals surface area (Å²) < 4.78 is 65.9. The molecule has 0 amide bonds. The highest BCUT2D eigenvalue weighted by molar-refractivity contribution is 7.45. The Labute approximate surface area is 263 Å². The minimum absolute atomic E-state index is 0.0644. The number of aromatic nitrogens is 4. The second-order valence-electron chi connectivity index (χ2n) is 11.0. The summed E-state index contributed by atoms with van der Waals surface area (Å²) in [6, 6.07) is 11.5. The van der Waals surface area contributed by atoms with Gasteiger partial charge in [-0.2, -0.15) is 13.2 Å². The Morgan fingerprint density at radius 3 is 2.62 bits per heavy atom. The number of rotatable bonds is 11. The molecule has 0 radical (unpaired) electrons. The van der Waals surface area contributed by atoms with Gasteiger partial charge in [0.15, 0.2) is 11.5 Å². The topological polar surface area (TPSA) is 136 Å². The lowest BCUT2D eigenvalue weighted by molar-refractivity contribution is -0.152. The van der Waals surface area contributed by atoms with Crippen LogP contribution >= 0.6 is 20.1 Å². The van der Waals surface area contributed by atoms with Crippen molar-refractivity contribution < 1.29 is 36.5 Å². The molecule has 45 heavy (non-hydrogen) atoms. The van der Waals surface area contributed by atoms with E-state index in [1.165, 1.54) is 38.4 Å². The molecule has 3 heterocycles. The van der Waals surface area contributed by atoms with E-state index in [1.807, 2.05) is 6.92 Å². The smallest absolute Gasteiger partial charge is 0.416 e.